The molecule has 0 aliphatic carbocycles. The molecule has 0 fully saturated rings. The fraction of sp³-hybridized carbons (Fsp3) is 0. The van der Waals surface area contributed by atoms with Gasteiger partial charge in [0.15, 0.2) is 0 Å². The quantitative estimate of drug-likeness (QED) is 0.227. The van der Waals surface area contributed by atoms with Gasteiger partial charge in [-0.15, -0.1) is 11.3 Å². The van der Waals surface area contributed by atoms with E-state index in [2.05, 4.69) is 65.6 Å². The Hall–Kier alpha value is -5.13. The summed E-state index contributed by atoms with van der Waals surface area (Å²) >= 11 is 1.80. The van der Waals surface area contributed by atoms with Gasteiger partial charge in [-0.25, -0.2) is 4.98 Å². The Bertz CT molecular complexity index is 2430. The van der Waals surface area contributed by atoms with Crippen LogP contribution in [-0.2, 0) is 0 Å². The number of hydrogen-bond donors (Lipinski definition) is 0. The predicted molar refractivity (Wildman–Crippen MR) is 164 cm³/mol. The maximum absolute atomic E-state index is 6.36. The standard InChI is InChI=1S/C35H19NO3S/c1-2-6-30-24(4-1)26-16-20(7-11-31(26)38-30)21-8-13-33-28(17-21)29-19-23(10-14-34(29)40-33)37-22-9-12-32-27(18-22)25-5-3-15-36-35(25)39-32/h1-19H. The molecule has 0 saturated carbocycles. The molecule has 0 amide bonds. The molecule has 4 nitrogen and oxygen atoms in total. The van der Waals surface area contributed by atoms with Crippen molar-refractivity contribution < 1.29 is 13.6 Å². The first-order valence-electron chi connectivity index (χ1n) is 13.1. The number of furan rings is 2. The minimum absolute atomic E-state index is 0.636. The molecule has 5 heteroatoms. The van der Waals surface area contributed by atoms with Crippen molar-refractivity contribution in [2.24, 2.45) is 0 Å². The number of para-hydroxylation sites is 1. The van der Waals surface area contributed by atoms with Crippen LogP contribution >= 0.6 is 11.3 Å². The molecule has 0 aliphatic rings. The van der Waals surface area contributed by atoms with Crippen LogP contribution in [-0.4, -0.2) is 4.98 Å². The van der Waals surface area contributed by atoms with Gasteiger partial charge < -0.3 is 13.6 Å². The van der Waals surface area contributed by atoms with E-state index in [4.69, 9.17) is 13.6 Å². The molecule has 5 aromatic carbocycles. The minimum Gasteiger partial charge on any atom is -0.457 e. The topological polar surface area (TPSA) is 48.4 Å². The molecule has 9 rings (SSSR count). The van der Waals surface area contributed by atoms with Crippen molar-refractivity contribution in [2.75, 3.05) is 0 Å². The first-order chi connectivity index (χ1) is 19.8. The Morgan fingerprint density at radius 3 is 2.05 bits per heavy atom. The summed E-state index contributed by atoms with van der Waals surface area (Å²) in [5.74, 6) is 1.56. The fourth-order valence-corrected chi connectivity index (χ4v) is 6.76. The van der Waals surface area contributed by atoms with Crippen LogP contribution in [0, 0.1) is 0 Å². The van der Waals surface area contributed by atoms with E-state index in [0.29, 0.717) is 5.71 Å². The van der Waals surface area contributed by atoms with E-state index >= 15 is 0 Å². The first-order valence-corrected chi connectivity index (χ1v) is 13.9. The highest BCUT2D eigenvalue weighted by Crippen LogP contribution is 2.40. The Morgan fingerprint density at radius 2 is 1.12 bits per heavy atom. The average Bonchev–Trinajstić information content (AvgIpc) is 3.67. The minimum atomic E-state index is 0.636. The highest BCUT2D eigenvalue weighted by molar-refractivity contribution is 7.25. The smallest absolute Gasteiger partial charge is 0.227 e. The molecule has 188 valence electrons. The van der Waals surface area contributed by atoms with Crippen LogP contribution in [0.4, 0.5) is 0 Å². The van der Waals surface area contributed by atoms with Crippen molar-refractivity contribution in [1.82, 2.24) is 4.98 Å². The second kappa shape index (κ2) is 8.18. The third-order valence-electron chi connectivity index (χ3n) is 7.61. The zero-order chi connectivity index (χ0) is 26.2. The summed E-state index contributed by atoms with van der Waals surface area (Å²) in [6, 6.07) is 37.5. The van der Waals surface area contributed by atoms with Gasteiger partial charge in [0.05, 0.1) is 0 Å². The molecule has 4 heterocycles. The van der Waals surface area contributed by atoms with Gasteiger partial charge in [0, 0.05) is 47.9 Å². The SMILES string of the molecule is c1ccc2c(c1)oc1ccc(-c3ccc4sc5ccc(Oc6ccc7oc8ncccc8c7c6)cc5c4c3)cc12. The third kappa shape index (κ3) is 3.28. The Labute approximate surface area is 231 Å². The molecule has 0 saturated heterocycles. The van der Waals surface area contributed by atoms with E-state index < -0.39 is 0 Å². The number of aromatic nitrogens is 1. The van der Waals surface area contributed by atoms with Gasteiger partial charge in [-0.2, -0.15) is 0 Å². The fourth-order valence-electron chi connectivity index (χ4n) is 5.69. The highest BCUT2D eigenvalue weighted by Gasteiger charge is 2.13. The number of benzene rings is 5. The maximum atomic E-state index is 6.36. The van der Waals surface area contributed by atoms with Crippen LogP contribution in [0.15, 0.2) is 124 Å². The van der Waals surface area contributed by atoms with Crippen molar-refractivity contribution in [3.8, 4) is 22.6 Å². The number of hydrogen-bond acceptors (Lipinski definition) is 5. The summed E-state index contributed by atoms with van der Waals surface area (Å²) < 4.78 is 20.8. The predicted octanol–water partition coefficient (Wildman–Crippen LogP) is 10.7. The van der Waals surface area contributed by atoms with Gasteiger partial charge in [0.25, 0.3) is 0 Å². The zero-order valence-corrected chi connectivity index (χ0v) is 21.9. The summed E-state index contributed by atoms with van der Waals surface area (Å²) in [4.78, 5) is 4.33. The van der Waals surface area contributed by atoms with E-state index in [1.54, 1.807) is 17.5 Å². The molecule has 40 heavy (non-hydrogen) atoms. The van der Waals surface area contributed by atoms with Crippen LogP contribution in [0.2, 0.25) is 0 Å². The first kappa shape index (κ1) is 21.8. The van der Waals surface area contributed by atoms with E-state index in [1.807, 2.05) is 48.5 Å². The number of pyridine rings is 1. The van der Waals surface area contributed by atoms with Gasteiger partial charge in [-0.3, -0.25) is 0 Å². The van der Waals surface area contributed by atoms with Gasteiger partial charge >= 0.3 is 0 Å². The number of thiophene rings is 1. The van der Waals surface area contributed by atoms with Gasteiger partial charge in [-0.1, -0.05) is 30.3 Å². The second-order valence-corrected chi connectivity index (χ2v) is 11.1. The number of ether oxygens (including phenoxy) is 1. The molecule has 0 unspecified atom stereocenters. The van der Waals surface area contributed by atoms with E-state index in [-0.39, 0.29) is 0 Å². The third-order valence-corrected chi connectivity index (χ3v) is 8.76. The van der Waals surface area contributed by atoms with Crippen LogP contribution in [0.3, 0.4) is 0 Å². The molecule has 0 N–H and O–H groups in total. The monoisotopic (exact) mass is 533 g/mol. The van der Waals surface area contributed by atoms with Crippen molar-refractivity contribution >= 4 is 75.5 Å². The molecule has 0 radical (unpaired) electrons. The molecule has 0 spiro atoms. The molecule has 4 aromatic heterocycles. The lowest BCUT2D eigenvalue weighted by atomic mass is 10.0. The van der Waals surface area contributed by atoms with E-state index in [0.717, 1.165) is 49.8 Å². The van der Waals surface area contributed by atoms with Crippen molar-refractivity contribution in [2.45, 2.75) is 0 Å². The van der Waals surface area contributed by atoms with Crippen LogP contribution in [0.1, 0.15) is 0 Å². The molecule has 9 aromatic rings. The number of rotatable bonds is 3. The summed E-state index contributed by atoms with van der Waals surface area (Å²) in [5, 5.41) is 6.67. The molecule has 0 atom stereocenters. The lowest BCUT2D eigenvalue weighted by Crippen LogP contribution is -1.83. The Balaban J connectivity index is 1.13. The molecule has 0 bridgehead atoms. The maximum Gasteiger partial charge on any atom is 0.227 e. The van der Waals surface area contributed by atoms with Gasteiger partial charge in [0.1, 0.15) is 28.2 Å². The zero-order valence-electron chi connectivity index (χ0n) is 21.0. The van der Waals surface area contributed by atoms with Crippen LogP contribution in [0.25, 0.3) is 75.3 Å². The summed E-state index contributed by atoms with van der Waals surface area (Å²) in [6.45, 7) is 0. The van der Waals surface area contributed by atoms with E-state index in [9.17, 15) is 0 Å². The summed E-state index contributed by atoms with van der Waals surface area (Å²) in [5.41, 5.74) is 5.61. The largest absolute Gasteiger partial charge is 0.457 e. The Morgan fingerprint density at radius 1 is 0.500 bits per heavy atom. The summed E-state index contributed by atoms with van der Waals surface area (Å²) in [7, 11) is 0. The normalized spacial score (nSPS) is 12.0. The van der Waals surface area contributed by atoms with Crippen molar-refractivity contribution in [3.63, 3.8) is 0 Å². The number of fused-ring (bicyclic) bond motifs is 9. The van der Waals surface area contributed by atoms with Gasteiger partial charge in [-0.05, 0) is 90.0 Å². The van der Waals surface area contributed by atoms with Gasteiger partial charge in [0.2, 0.25) is 5.71 Å². The average molecular weight is 534 g/mol. The summed E-state index contributed by atoms with van der Waals surface area (Å²) in [6.07, 6.45) is 1.74. The second-order valence-electron chi connectivity index (χ2n) is 10.00. The number of nitrogens with zero attached hydrogens (tertiary/aromatic N) is 1. The lowest BCUT2D eigenvalue weighted by Gasteiger charge is -2.06. The van der Waals surface area contributed by atoms with E-state index in [1.165, 1.54) is 31.3 Å². The van der Waals surface area contributed by atoms with Crippen molar-refractivity contribution in [1.29, 1.82) is 0 Å². The lowest BCUT2D eigenvalue weighted by molar-refractivity contribution is 0.484. The molecule has 0 aliphatic heterocycles. The Kier molecular flexibility index (Phi) is 4.45. The van der Waals surface area contributed by atoms with Crippen LogP contribution in [0.5, 0.6) is 11.5 Å². The van der Waals surface area contributed by atoms with Crippen LogP contribution < -0.4 is 4.74 Å². The molecular formula is C35H19NO3S. The highest BCUT2D eigenvalue weighted by atomic mass is 32.1. The molecular weight excluding hydrogens is 514 g/mol. The van der Waals surface area contributed by atoms with Crippen molar-refractivity contribution in [3.05, 3.63) is 115 Å².